The highest BCUT2D eigenvalue weighted by molar-refractivity contribution is 5.89. The number of aliphatic hydroxyl groups is 1. The number of carboxylic acids is 1. The Bertz CT molecular complexity index is 460. The van der Waals surface area contributed by atoms with Crippen molar-refractivity contribution in [2.24, 2.45) is 0 Å². The lowest BCUT2D eigenvalue weighted by Gasteiger charge is -2.39. The standard InChI is InChI=1S/C13H19N3O3/c14-11-7-9(13(18)19)8-15-12(11)16(5-2-6-17)10-3-1-4-10/h7-8,10,17H,1-6,14H2,(H,18,19). The van der Waals surface area contributed by atoms with Gasteiger partial charge in [-0.3, -0.25) is 0 Å². The van der Waals surface area contributed by atoms with Gasteiger partial charge in [0.05, 0.1) is 11.3 Å². The van der Waals surface area contributed by atoms with Crippen molar-refractivity contribution in [2.75, 3.05) is 23.8 Å². The first kappa shape index (κ1) is 13.6. The Balaban J connectivity index is 2.22. The molecule has 19 heavy (non-hydrogen) atoms. The maximum absolute atomic E-state index is 10.9. The molecule has 4 N–H and O–H groups in total. The summed E-state index contributed by atoms with van der Waals surface area (Å²) >= 11 is 0. The van der Waals surface area contributed by atoms with Crippen molar-refractivity contribution in [3.05, 3.63) is 17.8 Å². The van der Waals surface area contributed by atoms with E-state index in [0.29, 0.717) is 30.5 Å². The van der Waals surface area contributed by atoms with Crippen LogP contribution in [0.15, 0.2) is 12.3 Å². The summed E-state index contributed by atoms with van der Waals surface area (Å²) in [6, 6.07) is 1.84. The average Bonchev–Trinajstić information content (AvgIpc) is 2.32. The molecule has 1 heterocycles. The Morgan fingerprint density at radius 3 is 2.74 bits per heavy atom. The molecule has 1 aliphatic carbocycles. The molecule has 0 amide bonds. The third kappa shape index (κ3) is 2.96. The van der Waals surface area contributed by atoms with Gasteiger partial charge in [-0.05, 0) is 31.7 Å². The molecule has 1 aromatic heterocycles. The molecule has 0 unspecified atom stereocenters. The molecule has 104 valence electrons. The van der Waals surface area contributed by atoms with E-state index in [1.54, 1.807) is 0 Å². The number of nitrogens with zero attached hydrogens (tertiary/aromatic N) is 2. The minimum Gasteiger partial charge on any atom is -0.478 e. The van der Waals surface area contributed by atoms with Gasteiger partial charge in [-0.2, -0.15) is 0 Å². The van der Waals surface area contributed by atoms with E-state index in [1.807, 2.05) is 0 Å². The Hall–Kier alpha value is -1.82. The van der Waals surface area contributed by atoms with E-state index in [9.17, 15) is 4.79 Å². The second kappa shape index (κ2) is 5.88. The van der Waals surface area contributed by atoms with Gasteiger partial charge in [0.25, 0.3) is 0 Å². The summed E-state index contributed by atoms with van der Waals surface area (Å²) in [4.78, 5) is 17.1. The van der Waals surface area contributed by atoms with Gasteiger partial charge in [0, 0.05) is 25.4 Å². The number of aromatic nitrogens is 1. The lowest BCUT2D eigenvalue weighted by Crippen LogP contribution is -2.42. The van der Waals surface area contributed by atoms with Crippen LogP contribution in [0.4, 0.5) is 11.5 Å². The van der Waals surface area contributed by atoms with Crippen molar-refractivity contribution >= 4 is 17.5 Å². The van der Waals surface area contributed by atoms with Gasteiger partial charge >= 0.3 is 5.97 Å². The maximum Gasteiger partial charge on any atom is 0.337 e. The number of carbonyl (C=O) groups is 1. The van der Waals surface area contributed by atoms with Gasteiger partial charge < -0.3 is 20.8 Å². The summed E-state index contributed by atoms with van der Waals surface area (Å²) in [5.41, 5.74) is 6.39. The highest BCUT2D eigenvalue weighted by Crippen LogP contribution is 2.31. The monoisotopic (exact) mass is 265 g/mol. The van der Waals surface area contributed by atoms with Gasteiger partial charge in [-0.1, -0.05) is 0 Å². The summed E-state index contributed by atoms with van der Waals surface area (Å²) in [5.74, 6) is -0.403. The zero-order valence-corrected chi connectivity index (χ0v) is 10.7. The van der Waals surface area contributed by atoms with E-state index in [2.05, 4.69) is 9.88 Å². The molecule has 6 heteroatoms. The smallest absolute Gasteiger partial charge is 0.337 e. The van der Waals surface area contributed by atoms with Crippen molar-refractivity contribution in [3.8, 4) is 0 Å². The lowest BCUT2D eigenvalue weighted by molar-refractivity contribution is 0.0696. The average molecular weight is 265 g/mol. The number of rotatable bonds is 6. The highest BCUT2D eigenvalue weighted by Gasteiger charge is 2.27. The molecule has 2 rings (SSSR count). The first-order valence-electron chi connectivity index (χ1n) is 6.49. The number of pyridine rings is 1. The second-order valence-electron chi connectivity index (χ2n) is 4.80. The lowest BCUT2D eigenvalue weighted by atomic mass is 9.91. The summed E-state index contributed by atoms with van der Waals surface area (Å²) in [7, 11) is 0. The van der Waals surface area contributed by atoms with Crippen molar-refractivity contribution < 1.29 is 15.0 Å². The van der Waals surface area contributed by atoms with Crippen LogP contribution in [0.5, 0.6) is 0 Å². The number of aliphatic hydroxyl groups excluding tert-OH is 1. The van der Waals surface area contributed by atoms with E-state index in [1.165, 1.54) is 18.7 Å². The zero-order chi connectivity index (χ0) is 13.8. The summed E-state index contributed by atoms with van der Waals surface area (Å²) < 4.78 is 0. The predicted octanol–water partition coefficient (Wildman–Crippen LogP) is 1.10. The number of hydrogen-bond donors (Lipinski definition) is 3. The fraction of sp³-hybridized carbons (Fsp3) is 0.538. The van der Waals surface area contributed by atoms with Crippen LogP contribution in [0, 0.1) is 0 Å². The van der Waals surface area contributed by atoms with Crippen LogP contribution >= 0.6 is 0 Å². The number of anilines is 2. The molecule has 0 spiro atoms. The molecular formula is C13H19N3O3. The topological polar surface area (TPSA) is 99.7 Å². The Morgan fingerprint density at radius 2 is 2.26 bits per heavy atom. The maximum atomic E-state index is 10.9. The van der Waals surface area contributed by atoms with Crippen LogP contribution < -0.4 is 10.6 Å². The largest absolute Gasteiger partial charge is 0.478 e. The van der Waals surface area contributed by atoms with Crippen molar-refractivity contribution in [3.63, 3.8) is 0 Å². The molecule has 1 saturated carbocycles. The first-order chi connectivity index (χ1) is 9.13. The van der Waals surface area contributed by atoms with Crippen LogP contribution in [0.25, 0.3) is 0 Å². The second-order valence-corrected chi connectivity index (χ2v) is 4.80. The van der Waals surface area contributed by atoms with Crippen molar-refractivity contribution in [1.82, 2.24) is 4.98 Å². The zero-order valence-electron chi connectivity index (χ0n) is 10.7. The van der Waals surface area contributed by atoms with E-state index >= 15 is 0 Å². The predicted molar refractivity (Wildman–Crippen MR) is 72.3 cm³/mol. The van der Waals surface area contributed by atoms with Crippen molar-refractivity contribution in [1.29, 1.82) is 0 Å². The van der Waals surface area contributed by atoms with Crippen LogP contribution in [0.2, 0.25) is 0 Å². The van der Waals surface area contributed by atoms with E-state index in [4.69, 9.17) is 15.9 Å². The van der Waals surface area contributed by atoms with E-state index in [-0.39, 0.29) is 12.2 Å². The molecule has 0 saturated heterocycles. The molecule has 0 atom stereocenters. The van der Waals surface area contributed by atoms with Crippen molar-refractivity contribution in [2.45, 2.75) is 31.7 Å². The fourth-order valence-electron chi connectivity index (χ4n) is 2.23. The van der Waals surface area contributed by atoms with Gasteiger partial charge in [0.2, 0.25) is 0 Å². The Labute approximate surface area is 111 Å². The summed E-state index contributed by atoms with van der Waals surface area (Å²) in [6.07, 6.45) is 5.35. The number of hydrogen-bond acceptors (Lipinski definition) is 5. The molecular weight excluding hydrogens is 246 g/mol. The number of aromatic carboxylic acids is 1. The van der Waals surface area contributed by atoms with Crippen LogP contribution in [0.3, 0.4) is 0 Å². The van der Waals surface area contributed by atoms with Crippen LogP contribution in [-0.2, 0) is 0 Å². The molecule has 1 aliphatic rings. The number of nitrogen functional groups attached to an aromatic ring is 1. The molecule has 0 bridgehead atoms. The first-order valence-corrected chi connectivity index (χ1v) is 6.49. The van der Waals surface area contributed by atoms with Gasteiger partial charge in [0.1, 0.15) is 0 Å². The fourth-order valence-corrected chi connectivity index (χ4v) is 2.23. The Kier molecular flexibility index (Phi) is 4.21. The Morgan fingerprint density at radius 1 is 1.53 bits per heavy atom. The van der Waals surface area contributed by atoms with Gasteiger partial charge in [-0.25, -0.2) is 9.78 Å². The summed E-state index contributed by atoms with van der Waals surface area (Å²) in [6.45, 7) is 0.807. The minimum atomic E-state index is -1.03. The summed E-state index contributed by atoms with van der Waals surface area (Å²) in [5, 5.41) is 17.9. The van der Waals surface area contributed by atoms with E-state index in [0.717, 1.165) is 12.8 Å². The van der Waals surface area contributed by atoms with Gasteiger partial charge in [0.15, 0.2) is 5.82 Å². The molecule has 0 aromatic carbocycles. The number of nitrogens with two attached hydrogens (primary N) is 1. The third-order valence-electron chi connectivity index (χ3n) is 3.49. The molecule has 0 aliphatic heterocycles. The number of carboxylic acid groups (broad SMARTS) is 1. The highest BCUT2D eigenvalue weighted by atomic mass is 16.4. The van der Waals surface area contributed by atoms with Gasteiger partial charge in [-0.15, -0.1) is 0 Å². The normalized spacial score (nSPS) is 15.0. The SMILES string of the molecule is Nc1cc(C(=O)O)cnc1N(CCCO)C1CCC1. The third-order valence-corrected chi connectivity index (χ3v) is 3.49. The van der Waals surface area contributed by atoms with Crippen LogP contribution in [0.1, 0.15) is 36.0 Å². The molecule has 0 radical (unpaired) electrons. The quantitative estimate of drug-likeness (QED) is 0.712. The minimum absolute atomic E-state index is 0.0944. The van der Waals surface area contributed by atoms with Crippen LogP contribution in [-0.4, -0.2) is 40.4 Å². The molecule has 1 aromatic rings. The molecule has 6 nitrogen and oxygen atoms in total. The molecule has 1 fully saturated rings. The van der Waals surface area contributed by atoms with E-state index < -0.39 is 5.97 Å².